The summed E-state index contributed by atoms with van der Waals surface area (Å²) in [5.41, 5.74) is 0.750. The average Bonchev–Trinajstić information content (AvgIpc) is 2.75. The lowest BCUT2D eigenvalue weighted by Gasteiger charge is -2.43. The molecule has 0 aliphatic heterocycles. The quantitative estimate of drug-likeness (QED) is 0.280. The van der Waals surface area contributed by atoms with Crippen molar-refractivity contribution in [2.75, 3.05) is 13.2 Å². The largest absolute Gasteiger partial charge is 0.463 e. The van der Waals surface area contributed by atoms with Gasteiger partial charge >= 0.3 is 5.97 Å². The summed E-state index contributed by atoms with van der Waals surface area (Å²) in [7, 11) is -2.51. The van der Waals surface area contributed by atoms with Crippen molar-refractivity contribution in [3.63, 3.8) is 0 Å². The van der Waals surface area contributed by atoms with Crippen LogP contribution < -0.4 is 10.4 Å². The highest BCUT2D eigenvalue weighted by molar-refractivity contribution is 6.99. The van der Waals surface area contributed by atoms with Crippen LogP contribution in [0.3, 0.4) is 0 Å². The normalized spacial score (nSPS) is 13.7. The van der Waals surface area contributed by atoms with Crippen LogP contribution in [0.15, 0.2) is 72.3 Å². The summed E-state index contributed by atoms with van der Waals surface area (Å²) in [4.78, 5) is 12.1. The number of esters is 1. The van der Waals surface area contributed by atoms with Crippen LogP contribution in [0.5, 0.6) is 0 Å². The third-order valence-electron chi connectivity index (χ3n) is 5.71. The van der Waals surface area contributed by atoms with Gasteiger partial charge in [-0.05, 0) is 41.1 Å². The van der Waals surface area contributed by atoms with Gasteiger partial charge in [0.1, 0.15) is 0 Å². The van der Waals surface area contributed by atoms with Crippen molar-refractivity contribution in [3.8, 4) is 0 Å². The minimum absolute atomic E-state index is 0.0334. The van der Waals surface area contributed by atoms with Gasteiger partial charge in [-0.2, -0.15) is 0 Å². The summed E-state index contributed by atoms with van der Waals surface area (Å²) in [6.07, 6.45) is 3.58. The van der Waals surface area contributed by atoms with Crippen LogP contribution >= 0.6 is 0 Å². The fourth-order valence-corrected chi connectivity index (χ4v) is 8.72. The maximum atomic E-state index is 12.1. The molecule has 0 aliphatic rings. The van der Waals surface area contributed by atoms with Gasteiger partial charge in [0, 0.05) is 12.2 Å². The van der Waals surface area contributed by atoms with E-state index < -0.39 is 8.32 Å². The molecule has 3 nitrogen and oxygen atoms in total. The predicted molar refractivity (Wildman–Crippen MR) is 132 cm³/mol. The Morgan fingerprint density at radius 2 is 1.48 bits per heavy atom. The molecule has 168 valence electrons. The molecule has 2 rings (SSSR count). The summed E-state index contributed by atoms with van der Waals surface area (Å²) in [5.74, 6) is 0.0299. The van der Waals surface area contributed by atoms with Gasteiger partial charge in [0.15, 0.2) is 0 Å². The Morgan fingerprint density at radius 3 is 1.90 bits per heavy atom. The van der Waals surface area contributed by atoms with Crippen molar-refractivity contribution < 1.29 is 14.0 Å². The van der Waals surface area contributed by atoms with Crippen molar-refractivity contribution in [2.24, 2.45) is 5.92 Å². The van der Waals surface area contributed by atoms with Crippen LogP contribution in [0, 0.1) is 5.92 Å². The fourth-order valence-electron chi connectivity index (χ4n) is 4.14. The van der Waals surface area contributed by atoms with Crippen LogP contribution in [0.1, 0.15) is 54.4 Å². The second kappa shape index (κ2) is 11.4. The summed E-state index contributed by atoms with van der Waals surface area (Å²) in [6.45, 7) is 13.9. The zero-order chi connectivity index (χ0) is 22.9. The molecule has 4 heteroatoms. The molecule has 0 radical (unpaired) electrons. The van der Waals surface area contributed by atoms with Gasteiger partial charge < -0.3 is 9.16 Å². The summed E-state index contributed by atoms with van der Waals surface area (Å²) in [6, 6.07) is 21.4. The van der Waals surface area contributed by atoms with Gasteiger partial charge in [-0.3, -0.25) is 0 Å². The molecule has 0 unspecified atom stereocenters. The van der Waals surface area contributed by atoms with E-state index in [1.54, 1.807) is 0 Å². The first-order valence-electron chi connectivity index (χ1n) is 11.4. The first-order chi connectivity index (χ1) is 14.8. The number of rotatable bonds is 10. The van der Waals surface area contributed by atoms with E-state index in [1.807, 2.05) is 19.9 Å². The summed E-state index contributed by atoms with van der Waals surface area (Å²) < 4.78 is 12.1. The average molecular weight is 439 g/mol. The minimum Gasteiger partial charge on any atom is -0.463 e. The van der Waals surface area contributed by atoms with E-state index in [-0.39, 0.29) is 16.9 Å². The Bertz CT molecular complexity index is 798. The lowest BCUT2D eigenvalue weighted by molar-refractivity contribution is -0.138. The number of allylic oxidation sites excluding steroid dienone is 1. The van der Waals surface area contributed by atoms with Gasteiger partial charge in [0.2, 0.25) is 0 Å². The van der Waals surface area contributed by atoms with Gasteiger partial charge in [-0.25, -0.2) is 4.79 Å². The third kappa shape index (κ3) is 6.17. The molecular formula is C27H38O3Si. The smallest absolute Gasteiger partial charge is 0.333 e. The van der Waals surface area contributed by atoms with Crippen molar-refractivity contribution in [2.45, 2.75) is 59.4 Å². The highest BCUT2D eigenvalue weighted by atomic mass is 28.4. The first kappa shape index (κ1) is 25.1. The van der Waals surface area contributed by atoms with E-state index in [0.717, 1.165) is 12.0 Å². The maximum Gasteiger partial charge on any atom is 0.333 e. The highest BCUT2D eigenvalue weighted by Crippen LogP contribution is 2.37. The van der Waals surface area contributed by atoms with Crippen LogP contribution in [0.25, 0.3) is 0 Å². The van der Waals surface area contributed by atoms with E-state index in [0.29, 0.717) is 19.6 Å². The Kier molecular flexibility index (Phi) is 9.26. The molecule has 2 aromatic carbocycles. The van der Waals surface area contributed by atoms with Gasteiger partial charge in [0.05, 0.1) is 6.61 Å². The zero-order valence-corrected chi connectivity index (χ0v) is 21.0. The Hall–Kier alpha value is -2.17. The lowest BCUT2D eigenvalue weighted by Crippen LogP contribution is -2.66. The molecule has 0 spiro atoms. The Morgan fingerprint density at radius 1 is 0.968 bits per heavy atom. The lowest BCUT2D eigenvalue weighted by atomic mass is 10.0. The zero-order valence-electron chi connectivity index (χ0n) is 20.0. The van der Waals surface area contributed by atoms with Crippen LogP contribution in [-0.2, 0) is 14.0 Å². The number of carbonyl (C=O) groups excluding carboxylic acids is 1. The summed E-state index contributed by atoms with van der Waals surface area (Å²) >= 11 is 0. The van der Waals surface area contributed by atoms with Gasteiger partial charge in [-0.15, -0.1) is 0 Å². The molecule has 0 aromatic heterocycles. The van der Waals surface area contributed by atoms with Gasteiger partial charge in [0.25, 0.3) is 8.32 Å². The number of carbonyl (C=O) groups is 1. The molecular weight excluding hydrogens is 400 g/mol. The van der Waals surface area contributed by atoms with Crippen molar-refractivity contribution in [3.05, 3.63) is 72.3 Å². The molecule has 0 aliphatic carbocycles. The number of hydrogen-bond donors (Lipinski definition) is 0. The van der Waals surface area contributed by atoms with Crippen molar-refractivity contribution in [1.82, 2.24) is 0 Å². The Labute approximate surface area is 189 Å². The molecule has 1 atom stereocenters. The number of ether oxygens (including phenoxy) is 1. The molecule has 0 amide bonds. The van der Waals surface area contributed by atoms with E-state index in [2.05, 4.69) is 88.4 Å². The molecule has 0 heterocycles. The molecule has 0 fully saturated rings. The molecule has 0 N–H and O–H groups in total. The molecule has 0 bridgehead atoms. The topological polar surface area (TPSA) is 35.5 Å². The van der Waals surface area contributed by atoms with E-state index in [4.69, 9.17) is 9.16 Å². The van der Waals surface area contributed by atoms with Crippen molar-refractivity contribution >= 4 is 24.7 Å². The molecule has 0 saturated heterocycles. The maximum absolute atomic E-state index is 12.1. The van der Waals surface area contributed by atoms with E-state index >= 15 is 0 Å². The first-order valence-corrected chi connectivity index (χ1v) is 13.3. The Balaban J connectivity index is 2.30. The SMILES string of the molecule is CCOC(=O)/C(=C/[C@H](C)CCO[Si](c1ccccc1)(c1ccccc1)C(C)(C)C)CC. The fraction of sp³-hybridized carbons (Fsp3) is 0.444. The molecule has 31 heavy (non-hydrogen) atoms. The van der Waals surface area contributed by atoms with Crippen LogP contribution in [0.4, 0.5) is 0 Å². The third-order valence-corrected chi connectivity index (χ3v) is 10.8. The van der Waals surface area contributed by atoms with Gasteiger partial charge in [-0.1, -0.05) is 101 Å². The minimum atomic E-state index is -2.51. The van der Waals surface area contributed by atoms with Crippen LogP contribution in [-0.4, -0.2) is 27.5 Å². The molecule has 0 saturated carbocycles. The standard InChI is InChI=1S/C27H38O3Si/c1-7-23(26(28)29-8-2)21-22(3)19-20-30-31(27(4,5)6,24-15-11-9-12-16-24)25-17-13-10-14-18-25/h9-18,21-22H,7-8,19-20H2,1-6H3/b23-21+/t22-/m1/s1. The number of hydrogen-bond acceptors (Lipinski definition) is 3. The number of benzene rings is 2. The highest BCUT2D eigenvalue weighted by Gasteiger charge is 2.49. The van der Waals surface area contributed by atoms with E-state index in [1.165, 1.54) is 10.4 Å². The molecule has 2 aromatic rings. The van der Waals surface area contributed by atoms with Crippen molar-refractivity contribution in [1.29, 1.82) is 0 Å². The second-order valence-corrected chi connectivity index (χ2v) is 13.3. The summed E-state index contributed by atoms with van der Waals surface area (Å²) in [5, 5.41) is 2.55. The second-order valence-electron chi connectivity index (χ2n) is 9.04. The monoisotopic (exact) mass is 438 g/mol. The van der Waals surface area contributed by atoms with Crippen LogP contribution in [0.2, 0.25) is 5.04 Å². The van der Waals surface area contributed by atoms with E-state index in [9.17, 15) is 4.79 Å². The predicted octanol–water partition coefficient (Wildman–Crippen LogP) is 5.49.